The number of imide groups is 1. The van der Waals surface area contributed by atoms with Gasteiger partial charge in [0, 0.05) is 12.5 Å². The van der Waals surface area contributed by atoms with Crippen molar-refractivity contribution in [1.82, 2.24) is 4.90 Å². The SMILES string of the molecule is COc1ccc(CCN2C(=O)[C@H]3C4c5ccccc5C([C@H](OCc5ccccc5)C(F)(F)F)(c5ccccc54)[C@H]3C2=O)cc1OC. The van der Waals surface area contributed by atoms with Gasteiger partial charge in [-0.25, -0.2) is 0 Å². The zero-order valence-corrected chi connectivity index (χ0v) is 25.3. The number of carbonyl (C=O) groups excluding carboxylic acids is 2. The molecule has 0 aromatic heterocycles. The normalized spacial score (nSPS) is 23.5. The van der Waals surface area contributed by atoms with E-state index < -0.39 is 47.3 Å². The van der Waals surface area contributed by atoms with Crippen LogP contribution in [0.5, 0.6) is 11.5 Å². The van der Waals surface area contributed by atoms with E-state index in [1.165, 1.54) is 14.2 Å². The number of nitrogens with zero attached hydrogens (tertiary/aromatic N) is 1. The molecule has 236 valence electrons. The predicted molar refractivity (Wildman–Crippen MR) is 164 cm³/mol. The van der Waals surface area contributed by atoms with Gasteiger partial charge in [0.1, 0.15) is 0 Å². The number of halogens is 3. The molecule has 1 fully saturated rings. The molecule has 1 saturated heterocycles. The van der Waals surface area contributed by atoms with E-state index in [1.807, 2.05) is 6.07 Å². The minimum absolute atomic E-state index is 0.0111. The quantitative estimate of drug-likeness (QED) is 0.200. The summed E-state index contributed by atoms with van der Waals surface area (Å²) in [5.41, 5.74) is 1.41. The zero-order chi connectivity index (χ0) is 32.2. The maximum atomic E-state index is 15.6. The number of alkyl halides is 3. The summed E-state index contributed by atoms with van der Waals surface area (Å²) in [4.78, 5) is 30.1. The molecule has 4 aromatic carbocycles. The van der Waals surface area contributed by atoms with Crippen molar-refractivity contribution in [1.29, 1.82) is 0 Å². The fourth-order valence-corrected chi connectivity index (χ4v) is 8.07. The molecular formula is C37H32F3NO5. The van der Waals surface area contributed by atoms with Gasteiger partial charge < -0.3 is 14.2 Å². The Morgan fingerprint density at radius 2 is 1.37 bits per heavy atom. The number of carbonyl (C=O) groups is 2. The second-order valence-electron chi connectivity index (χ2n) is 12.0. The Kier molecular flexibility index (Phi) is 7.39. The maximum absolute atomic E-state index is 15.6. The molecule has 3 aliphatic carbocycles. The summed E-state index contributed by atoms with van der Waals surface area (Å²) in [5.74, 6) is -2.91. The fraction of sp³-hybridized carbons (Fsp3) is 0.297. The highest BCUT2D eigenvalue weighted by atomic mass is 19.4. The van der Waals surface area contributed by atoms with Gasteiger partial charge in [0.2, 0.25) is 11.8 Å². The first-order chi connectivity index (χ1) is 22.2. The van der Waals surface area contributed by atoms with E-state index in [9.17, 15) is 9.59 Å². The average molecular weight is 628 g/mol. The molecule has 3 atom stereocenters. The van der Waals surface area contributed by atoms with Crippen molar-refractivity contribution >= 4 is 11.8 Å². The Hall–Kier alpha value is -4.63. The van der Waals surface area contributed by atoms with Crippen LogP contribution in [-0.2, 0) is 32.8 Å². The Morgan fingerprint density at radius 3 is 1.98 bits per heavy atom. The highest BCUT2D eigenvalue weighted by Crippen LogP contribution is 2.67. The smallest absolute Gasteiger partial charge is 0.415 e. The summed E-state index contributed by atoms with van der Waals surface area (Å²) in [5, 5.41) is 0. The molecule has 6 nitrogen and oxygen atoms in total. The number of hydrogen-bond donors (Lipinski definition) is 0. The van der Waals surface area contributed by atoms with Crippen LogP contribution in [0.3, 0.4) is 0 Å². The van der Waals surface area contributed by atoms with Crippen LogP contribution in [0.4, 0.5) is 13.2 Å². The van der Waals surface area contributed by atoms with E-state index in [0.717, 1.165) is 10.5 Å². The topological polar surface area (TPSA) is 65.1 Å². The number of benzene rings is 4. The summed E-state index contributed by atoms with van der Waals surface area (Å²) >= 11 is 0. The number of hydrogen-bond acceptors (Lipinski definition) is 5. The number of methoxy groups -OCH3 is 2. The Morgan fingerprint density at radius 1 is 0.761 bits per heavy atom. The molecule has 8 rings (SSSR count). The molecule has 1 heterocycles. The van der Waals surface area contributed by atoms with Gasteiger partial charge in [-0.1, -0.05) is 84.9 Å². The lowest BCUT2D eigenvalue weighted by Gasteiger charge is -2.56. The lowest BCUT2D eigenvalue weighted by atomic mass is 9.45. The van der Waals surface area contributed by atoms with Gasteiger partial charge in [0.15, 0.2) is 17.6 Å². The van der Waals surface area contributed by atoms with Crippen LogP contribution in [0.2, 0.25) is 0 Å². The van der Waals surface area contributed by atoms with E-state index in [0.29, 0.717) is 45.7 Å². The third kappa shape index (κ3) is 4.43. The monoisotopic (exact) mass is 627 g/mol. The van der Waals surface area contributed by atoms with Crippen molar-refractivity contribution in [2.75, 3.05) is 20.8 Å². The van der Waals surface area contributed by atoms with Crippen molar-refractivity contribution < 1.29 is 37.0 Å². The van der Waals surface area contributed by atoms with Gasteiger partial charge in [-0.2, -0.15) is 13.2 Å². The molecule has 4 aromatic rings. The molecule has 4 aliphatic rings. The van der Waals surface area contributed by atoms with Gasteiger partial charge in [0.05, 0.1) is 38.1 Å². The molecule has 1 aliphatic heterocycles. The van der Waals surface area contributed by atoms with Crippen LogP contribution in [0.15, 0.2) is 97.1 Å². The molecule has 0 saturated carbocycles. The summed E-state index contributed by atoms with van der Waals surface area (Å²) in [6, 6.07) is 27.8. The van der Waals surface area contributed by atoms with E-state index in [2.05, 4.69) is 0 Å². The highest BCUT2D eigenvalue weighted by molar-refractivity contribution is 6.08. The van der Waals surface area contributed by atoms with Crippen molar-refractivity contribution in [3.63, 3.8) is 0 Å². The molecule has 9 heteroatoms. The molecule has 46 heavy (non-hydrogen) atoms. The number of likely N-dealkylation sites (tertiary alicyclic amines) is 1. The number of ether oxygens (including phenoxy) is 3. The first kappa shape index (κ1) is 30.0. The molecular weight excluding hydrogens is 595 g/mol. The molecule has 2 bridgehead atoms. The second kappa shape index (κ2) is 11.3. The predicted octanol–water partition coefficient (Wildman–Crippen LogP) is 6.44. The van der Waals surface area contributed by atoms with Gasteiger partial charge in [-0.15, -0.1) is 0 Å². The molecule has 0 unspecified atom stereocenters. The first-order valence-corrected chi connectivity index (χ1v) is 15.2. The second-order valence-corrected chi connectivity index (χ2v) is 12.0. The molecule has 0 N–H and O–H groups in total. The zero-order valence-electron chi connectivity index (χ0n) is 25.3. The first-order valence-electron chi connectivity index (χ1n) is 15.2. The van der Waals surface area contributed by atoms with E-state index in [-0.39, 0.29) is 13.2 Å². The Bertz CT molecular complexity index is 1760. The van der Waals surface area contributed by atoms with Crippen LogP contribution in [0.25, 0.3) is 0 Å². The van der Waals surface area contributed by atoms with Gasteiger partial charge in [-0.3, -0.25) is 14.5 Å². The lowest BCUT2D eigenvalue weighted by molar-refractivity contribution is -0.249. The van der Waals surface area contributed by atoms with Crippen LogP contribution >= 0.6 is 0 Å². The molecule has 0 spiro atoms. The third-order valence-corrected chi connectivity index (χ3v) is 9.82. The molecule has 0 radical (unpaired) electrons. The minimum atomic E-state index is -4.87. The summed E-state index contributed by atoms with van der Waals surface area (Å²) in [6.45, 7) is -0.305. The average Bonchev–Trinajstić information content (AvgIpc) is 3.33. The lowest BCUT2D eigenvalue weighted by Crippen LogP contribution is -2.63. The van der Waals surface area contributed by atoms with Gasteiger partial charge in [-0.05, 0) is 51.9 Å². The maximum Gasteiger partial charge on any atom is 0.415 e. The van der Waals surface area contributed by atoms with E-state index in [4.69, 9.17) is 14.2 Å². The van der Waals surface area contributed by atoms with Gasteiger partial charge in [0.25, 0.3) is 0 Å². The van der Waals surface area contributed by atoms with Crippen molar-refractivity contribution in [2.45, 2.75) is 36.6 Å². The summed E-state index contributed by atoms with van der Waals surface area (Å²) < 4.78 is 63.4. The van der Waals surface area contributed by atoms with Crippen LogP contribution < -0.4 is 9.47 Å². The highest BCUT2D eigenvalue weighted by Gasteiger charge is 2.73. The standard InChI is InChI=1S/C37H32F3NO5/c1-44-28-17-16-22(20-29(28)45-2)18-19-41-33(42)31-30-24-12-6-8-14-26(24)36(32(31)34(41)43,27-15-9-7-13-25(27)30)35(37(38,39)40)46-21-23-10-4-3-5-11-23/h3-17,20,30-32,35H,18-19,21H2,1-2H3/t30?,31-,32+,35-,36?/m0/s1. The minimum Gasteiger partial charge on any atom is -0.493 e. The van der Waals surface area contributed by atoms with E-state index >= 15 is 13.2 Å². The Labute approximate surface area is 264 Å². The van der Waals surface area contributed by atoms with Crippen molar-refractivity contribution in [3.8, 4) is 11.5 Å². The van der Waals surface area contributed by atoms with Crippen LogP contribution in [0.1, 0.15) is 39.3 Å². The number of amides is 2. The fourth-order valence-electron chi connectivity index (χ4n) is 8.07. The third-order valence-electron chi connectivity index (χ3n) is 9.82. The largest absolute Gasteiger partial charge is 0.493 e. The summed E-state index contributed by atoms with van der Waals surface area (Å²) in [7, 11) is 3.04. The summed E-state index contributed by atoms with van der Waals surface area (Å²) in [6.07, 6.45) is -6.99. The van der Waals surface area contributed by atoms with E-state index in [1.54, 1.807) is 91.0 Å². The molecule has 2 amide bonds. The van der Waals surface area contributed by atoms with Gasteiger partial charge >= 0.3 is 6.18 Å². The number of rotatable bonds is 9. The van der Waals surface area contributed by atoms with Crippen LogP contribution in [0, 0.1) is 11.8 Å². The van der Waals surface area contributed by atoms with Crippen molar-refractivity contribution in [2.24, 2.45) is 11.8 Å². The van der Waals surface area contributed by atoms with Crippen LogP contribution in [-0.4, -0.2) is 49.8 Å². The van der Waals surface area contributed by atoms with Crippen molar-refractivity contribution in [3.05, 3.63) is 130 Å². The Balaban J connectivity index is 1.36.